The Morgan fingerprint density at radius 2 is 2.20 bits per heavy atom. The number of aromatic nitrogens is 4. The SMILES string of the molecule is COc1ccc(Cl)cc1C(=O)NCCn1ncc2c(NCc3cccs3)ncnc21. The highest BCUT2D eigenvalue weighted by Crippen LogP contribution is 2.23. The number of carbonyl (C=O) groups excluding carboxylic acids is 1. The molecule has 10 heteroatoms. The number of thiophene rings is 1. The Bertz CT molecular complexity index is 1160. The smallest absolute Gasteiger partial charge is 0.255 e. The van der Waals surface area contributed by atoms with E-state index in [0.29, 0.717) is 41.6 Å². The standard InChI is InChI=1S/C20H19ClN6O2S/c1-29-17-5-4-13(21)9-15(17)20(28)22-6-7-27-19-16(11-26-27)18(24-12-25-19)23-10-14-3-2-8-30-14/h2-5,8-9,11-12H,6-7,10H2,1H3,(H,22,28)(H,23,24,25). The molecule has 0 saturated heterocycles. The van der Waals surface area contributed by atoms with Crippen LogP contribution in [0.4, 0.5) is 5.82 Å². The van der Waals surface area contributed by atoms with Crippen molar-refractivity contribution in [3.05, 3.63) is 63.7 Å². The molecule has 1 aromatic carbocycles. The second-order valence-corrected chi connectivity index (χ2v) is 7.83. The zero-order valence-corrected chi connectivity index (χ0v) is 17.7. The summed E-state index contributed by atoms with van der Waals surface area (Å²) >= 11 is 7.69. The van der Waals surface area contributed by atoms with Gasteiger partial charge in [0, 0.05) is 16.4 Å². The third-order valence-corrected chi connectivity index (χ3v) is 5.57. The van der Waals surface area contributed by atoms with Crippen molar-refractivity contribution >= 4 is 45.7 Å². The number of carbonyl (C=O) groups is 1. The predicted molar refractivity (Wildman–Crippen MR) is 117 cm³/mol. The third kappa shape index (κ3) is 4.37. The van der Waals surface area contributed by atoms with Crippen LogP contribution in [-0.2, 0) is 13.1 Å². The number of nitrogens with one attached hydrogen (secondary N) is 2. The van der Waals surface area contributed by atoms with Crippen molar-refractivity contribution in [1.29, 1.82) is 0 Å². The Hall–Kier alpha value is -3.17. The lowest BCUT2D eigenvalue weighted by atomic mass is 10.2. The van der Waals surface area contributed by atoms with Crippen LogP contribution in [0.1, 0.15) is 15.2 Å². The van der Waals surface area contributed by atoms with Gasteiger partial charge in [0.25, 0.3) is 5.91 Å². The number of ether oxygens (including phenoxy) is 1. The van der Waals surface area contributed by atoms with E-state index in [0.717, 1.165) is 11.2 Å². The van der Waals surface area contributed by atoms with Gasteiger partial charge >= 0.3 is 0 Å². The summed E-state index contributed by atoms with van der Waals surface area (Å²) in [6, 6.07) is 9.01. The normalized spacial score (nSPS) is 10.9. The molecule has 154 valence electrons. The number of nitrogens with zero attached hydrogens (tertiary/aromatic N) is 4. The molecule has 2 N–H and O–H groups in total. The Kier molecular flexibility index (Phi) is 6.10. The number of fused-ring (bicyclic) bond motifs is 1. The second-order valence-electron chi connectivity index (χ2n) is 6.36. The largest absolute Gasteiger partial charge is 0.496 e. The van der Waals surface area contributed by atoms with Gasteiger partial charge in [-0.15, -0.1) is 11.3 Å². The molecule has 0 aliphatic heterocycles. The number of halogens is 1. The van der Waals surface area contributed by atoms with Gasteiger partial charge in [-0.2, -0.15) is 5.10 Å². The summed E-state index contributed by atoms with van der Waals surface area (Å²) in [5, 5.41) is 13.9. The molecule has 4 aromatic rings. The zero-order chi connectivity index (χ0) is 20.9. The van der Waals surface area contributed by atoms with Crippen molar-refractivity contribution < 1.29 is 9.53 Å². The number of amides is 1. The average molecular weight is 443 g/mol. The van der Waals surface area contributed by atoms with Crippen molar-refractivity contribution in [2.24, 2.45) is 0 Å². The lowest BCUT2D eigenvalue weighted by molar-refractivity contribution is 0.0949. The van der Waals surface area contributed by atoms with Crippen LogP contribution >= 0.6 is 22.9 Å². The lowest BCUT2D eigenvalue weighted by Gasteiger charge is -2.10. The third-order valence-electron chi connectivity index (χ3n) is 4.46. The highest BCUT2D eigenvalue weighted by atomic mass is 35.5. The molecule has 3 heterocycles. The fourth-order valence-electron chi connectivity index (χ4n) is 3.01. The van der Waals surface area contributed by atoms with E-state index in [1.165, 1.54) is 18.3 Å². The van der Waals surface area contributed by atoms with Gasteiger partial charge in [-0.25, -0.2) is 14.6 Å². The van der Waals surface area contributed by atoms with Crippen molar-refractivity contribution in [2.45, 2.75) is 13.1 Å². The molecular weight excluding hydrogens is 424 g/mol. The summed E-state index contributed by atoms with van der Waals surface area (Å²) in [4.78, 5) is 22.4. The van der Waals surface area contributed by atoms with Gasteiger partial charge in [-0.1, -0.05) is 17.7 Å². The first-order valence-electron chi connectivity index (χ1n) is 9.20. The number of hydrogen-bond acceptors (Lipinski definition) is 7. The fraction of sp³-hybridized carbons (Fsp3) is 0.200. The minimum Gasteiger partial charge on any atom is -0.496 e. The lowest BCUT2D eigenvalue weighted by Crippen LogP contribution is -2.28. The van der Waals surface area contributed by atoms with E-state index in [9.17, 15) is 4.79 Å². The van der Waals surface area contributed by atoms with Crippen molar-refractivity contribution in [3.8, 4) is 5.75 Å². The molecule has 0 atom stereocenters. The van der Waals surface area contributed by atoms with E-state index in [1.54, 1.807) is 40.4 Å². The van der Waals surface area contributed by atoms with Crippen LogP contribution in [0.2, 0.25) is 5.02 Å². The molecule has 0 spiro atoms. The highest BCUT2D eigenvalue weighted by molar-refractivity contribution is 7.09. The van der Waals surface area contributed by atoms with Gasteiger partial charge in [0.1, 0.15) is 17.9 Å². The zero-order valence-electron chi connectivity index (χ0n) is 16.1. The maximum absolute atomic E-state index is 12.5. The molecule has 30 heavy (non-hydrogen) atoms. The van der Waals surface area contributed by atoms with Gasteiger partial charge in [-0.3, -0.25) is 4.79 Å². The number of benzene rings is 1. The summed E-state index contributed by atoms with van der Waals surface area (Å²) in [7, 11) is 1.51. The Morgan fingerprint density at radius 1 is 1.30 bits per heavy atom. The van der Waals surface area contributed by atoms with Crippen LogP contribution in [0.25, 0.3) is 11.0 Å². The molecule has 3 aromatic heterocycles. The maximum atomic E-state index is 12.5. The molecule has 8 nitrogen and oxygen atoms in total. The molecular formula is C20H19ClN6O2S. The molecule has 1 amide bonds. The molecule has 0 aliphatic rings. The van der Waals surface area contributed by atoms with E-state index in [2.05, 4.69) is 31.8 Å². The quantitative estimate of drug-likeness (QED) is 0.433. The monoisotopic (exact) mass is 442 g/mol. The summed E-state index contributed by atoms with van der Waals surface area (Å²) < 4.78 is 6.97. The highest BCUT2D eigenvalue weighted by Gasteiger charge is 2.14. The Balaban J connectivity index is 1.42. The van der Waals surface area contributed by atoms with Gasteiger partial charge in [0.15, 0.2) is 5.65 Å². The van der Waals surface area contributed by atoms with Crippen molar-refractivity contribution in [1.82, 2.24) is 25.1 Å². The van der Waals surface area contributed by atoms with Crippen LogP contribution in [0.5, 0.6) is 5.75 Å². The number of hydrogen-bond donors (Lipinski definition) is 2. The van der Waals surface area contributed by atoms with Crippen LogP contribution < -0.4 is 15.4 Å². The maximum Gasteiger partial charge on any atom is 0.255 e. The van der Waals surface area contributed by atoms with Crippen molar-refractivity contribution in [3.63, 3.8) is 0 Å². The molecule has 0 fully saturated rings. The van der Waals surface area contributed by atoms with Crippen LogP contribution in [0, 0.1) is 0 Å². The van der Waals surface area contributed by atoms with E-state index in [-0.39, 0.29) is 5.91 Å². The number of methoxy groups -OCH3 is 1. The predicted octanol–water partition coefficient (Wildman–Crippen LogP) is 3.59. The molecule has 0 unspecified atom stereocenters. The van der Waals surface area contributed by atoms with Crippen LogP contribution in [0.15, 0.2) is 48.2 Å². The molecule has 0 radical (unpaired) electrons. The molecule has 4 rings (SSSR count). The van der Waals surface area contributed by atoms with Gasteiger partial charge in [0.2, 0.25) is 0 Å². The number of anilines is 1. The molecule has 0 saturated carbocycles. The van der Waals surface area contributed by atoms with Crippen molar-refractivity contribution in [2.75, 3.05) is 19.0 Å². The average Bonchev–Trinajstić information content (AvgIpc) is 3.42. The first kappa shape index (κ1) is 20.1. The minimum absolute atomic E-state index is 0.265. The van der Waals surface area contributed by atoms with E-state index in [1.807, 2.05) is 11.4 Å². The fourth-order valence-corrected chi connectivity index (χ4v) is 3.83. The number of rotatable bonds is 8. The first-order valence-corrected chi connectivity index (χ1v) is 10.5. The van der Waals surface area contributed by atoms with Gasteiger partial charge < -0.3 is 15.4 Å². The van der Waals surface area contributed by atoms with Gasteiger partial charge in [0.05, 0.1) is 37.3 Å². The van der Waals surface area contributed by atoms with E-state index in [4.69, 9.17) is 16.3 Å². The molecule has 0 aliphatic carbocycles. The Labute approximate surface area is 181 Å². The summed E-state index contributed by atoms with van der Waals surface area (Å²) in [6.45, 7) is 1.51. The Morgan fingerprint density at radius 3 is 3.00 bits per heavy atom. The van der Waals surface area contributed by atoms with Gasteiger partial charge in [-0.05, 0) is 29.6 Å². The van der Waals surface area contributed by atoms with E-state index >= 15 is 0 Å². The first-order chi connectivity index (χ1) is 14.7. The minimum atomic E-state index is -0.265. The molecule has 0 bridgehead atoms. The topological polar surface area (TPSA) is 94.0 Å². The summed E-state index contributed by atoms with van der Waals surface area (Å²) in [6.07, 6.45) is 3.24. The van der Waals surface area contributed by atoms with Crippen LogP contribution in [-0.4, -0.2) is 39.3 Å². The summed E-state index contributed by atoms with van der Waals surface area (Å²) in [5.74, 6) is 0.932. The van der Waals surface area contributed by atoms with E-state index < -0.39 is 0 Å². The summed E-state index contributed by atoms with van der Waals surface area (Å²) in [5.41, 5.74) is 1.09. The van der Waals surface area contributed by atoms with Crippen LogP contribution in [0.3, 0.4) is 0 Å². The second kappa shape index (κ2) is 9.10.